The van der Waals surface area contributed by atoms with Gasteiger partial charge in [-0.15, -0.1) is 0 Å². The molecule has 0 unspecified atom stereocenters. The van der Waals surface area contributed by atoms with Gasteiger partial charge in [0.15, 0.2) is 11.1 Å². The Kier molecular flexibility index (Phi) is 5.11. The number of sulfone groups is 1. The quantitative estimate of drug-likeness (QED) is 0.662. The number of H-pyrrole nitrogens is 1. The van der Waals surface area contributed by atoms with Crippen molar-refractivity contribution in [2.75, 3.05) is 18.0 Å². The Bertz CT molecular complexity index is 1090. The number of benzene rings is 2. The second kappa shape index (κ2) is 7.55. The van der Waals surface area contributed by atoms with Gasteiger partial charge in [-0.2, -0.15) is 0 Å². The number of nitrogens with one attached hydrogen (secondary N) is 1. The van der Waals surface area contributed by atoms with E-state index in [1.54, 1.807) is 18.3 Å². The van der Waals surface area contributed by atoms with Crippen LogP contribution in [0.1, 0.15) is 32.3 Å². The zero-order valence-electron chi connectivity index (χ0n) is 16.5. The van der Waals surface area contributed by atoms with E-state index in [0.29, 0.717) is 15.7 Å². The third kappa shape index (κ3) is 3.39. The van der Waals surface area contributed by atoms with Crippen molar-refractivity contribution in [3.05, 3.63) is 60.3 Å². The third-order valence-electron chi connectivity index (χ3n) is 5.68. The number of pyridine rings is 1. The van der Waals surface area contributed by atoms with E-state index in [4.69, 9.17) is 0 Å². The number of fused-ring (bicyclic) bond motifs is 1. The molecule has 1 aliphatic heterocycles. The maximum absolute atomic E-state index is 13.6. The highest BCUT2D eigenvalue weighted by molar-refractivity contribution is 7.91. The number of anilines is 1. The van der Waals surface area contributed by atoms with Gasteiger partial charge in [-0.3, -0.25) is 0 Å². The zero-order chi connectivity index (χ0) is 19.7. The normalized spacial score (nSPS) is 17.8. The SMILES string of the molecule is CCc1ccc(S(=O)(=O)c2c[nH+]c3ccccc3c2N2CCC[C@@H](C)C2)cc1. The van der Waals surface area contributed by atoms with E-state index in [1.165, 1.54) is 6.42 Å². The average molecular weight is 396 g/mol. The largest absolute Gasteiger partial charge is 0.369 e. The fourth-order valence-corrected chi connectivity index (χ4v) is 5.57. The molecule has 1 N–H and O–H groups in total. The lowest BCUT2D eigenvalue weighted by atomic mass is 9.99. The van der Waals surface area contributed by atoms with Gasteiger partial charge in [0.2, 0.25) is 15.4 Å². The third-order valence-corrected chi connectivity index (χ3v) is 7.46. The predicted molar refractivity (Wildman–Crippen MR) is 112 cm³/mol. The van der Waals surface area contributed by atoms with Gasteiger partial charge in [-0.25, -0.2) is 13.4 Å². The number of aromatic nitrogens is 1. The second-order valence-corrected chi connectivity index (χ2v) is 9.66. The standard InChI is InChI=1S/C23H26N2O2S/c1-3-18-10-12-19(13-11-18)28(26,27)22-15-24-21-9-5-4-8-20(21)23(22)25-14-6-7-17(2)16-25/h4-5,8-13,15,17H,3,6-7,14,16H2,1-2H3/p+1/t17-/m1/s1. The first-order valence-electron chi connectivity index (χ1n) is 10.0. The van der Waals surface area contributed by atoms with Crippen LogP contribution in [0.2, 0.25) is 0 Å². The van der Waals surface area contributed by atoms with Gasteiger partial charge in [0.25, 0.3) is 0 Å². The Morgan fingerprint density at radius 3 is 2.57 bits per heavy atom. The van der Waals surface area contributed by atoms with Crippen molar-refractivity contribution in [1.29, 1.82) is 0 Å². The minimum Gasteiger partial charge on any atom is -0.369 e. The van der Waals surface area contributed by atoms with Crippen LogP contribution in [0.5, 0.6) is 0 Å². The van der Waals surface area contributed by atoms with E-state index < -0.39 is 9.84 Å². The van der Waals surface area contributed by atoms with Crippen molar-refractivity contribution >= 4 is 26.4 Å². The van der Waals surface area contributed by atoms with Gasteiger partial charge >= 0.3 is 0 Å². The van der Waals surface area contributed by atoms with E-state index in [2.05, 4.69) is 23.7 Å². The lowest BCUT2D eigenvalue weighted by Crippen LogP contribution is -2.35. The summed E-state index contributed by atoms with van der Waals surface area (Å²) in [6, 6.07) is 15.2. The molecule has 4 nitrogen and oxygen atoms in total. The average Bonchev–Trinajstić information content (AvgIpc) is 2.73. The number of nitrogens with zero attached hydrogens (tertiary/aromatic N) is 1. The molecule has 0 radical (unpaired) electrons. The predicted octanol–water partition coefficient (Wildman–Crippen LogP) is 4.29. The van der Waals surface area contributed by atoms with Crippen LogP contribution in [-0.2, 0) is 16.3 Å². The maximum atomic E-state index is 13.6. The molecule has 1 aliphatic rings. The van der Waals surface area contributed by atoms with Crippen molar-refractivity contribution in [1.82, 2.24) is 0 Å². The molecular formula is C23H27N2O2S+. The van der Waals surface area contributed by atoms with Gasteiger partial charge in [0, 0.05) is 19.2 Å². The van der Waals surface area contributed by atoms with Crippen LogP contribution in [0.25, 0.3) is 10.9 Å². The molecule has 0 saturated carbocycles. The summed E-state index contributed by atoms with van der Waals surface area (Å²) in [5.74, 6) is 0.552. The molecule has 1 aromatic heterocycles. The van der Waals surface area contributed by atoms with Crippen molar-refractivity contribution < 1.29 is 13.4 Å². The van der Waals surface area contributed by atoms with Crippen LogP contribution >= 0.6 is 0 Å². The zero-order valence-corrected chi connectivity index (χ0v) is 17.3. The number of hydrogen-bond acceptors (Lipinski definition) is 3. The molecule has 3 aromatic rings. The number of rotatable bonds is 4. The molecule has 0 bridgehead atoms. The first-order valence-corrected chi connectivity index (χ1v) is 11.5. The monoisotopic (exact) mass is 395 g/mol. The van der Waals surface area contributed by atoms with Crippen LogP contribution in [0.15, 0.2) is 64.5 Å². The summed E-state index contributed by atoms with van der Waals surface area (Å²) in [6.45, 7) is 6.07. The molecule has 146 valence electrons. The van der Waals surface area contributed by atoms with Gasteiger partial charge in [-0.05, 0) is 48.9 Å². The van der Waals surface area contributed by atoms with Gasteiger partial charge in [0.05, 0.1) is 16.0 Å². The minimum atomic E-state index is -3.63. The molecule has 5 heteroatoms. The first-order chi connectivity index (χ1) is 13.5. The van der Waals surface area contributed by atoms with Gasteiger partial charge in [0.1, 0.15) is 0 Å². The Hall–Kier alpha value is -2.40. The lowest BCUT2D eigenvalue weighted by molar-refractivity contribution is -0.347. The van der Waals surface area contributed by atoms with Crippen LogP contribution < -0.4 is 9.88 Å². The number of hydrogen-bond donors (Lipinski definition) is 0. The summed E-state index contributed by atoms with van der Waals surface area (Å²) in [5, 5.41) is 0.961. The van der Waals surface area contributed by atoms with Gasteiger partial charge in [-0.1, -0.05) is 38.1 Å². The van der Waals surface area contributed by atoms with Crippen LogP contribution in [0, 0.1) is 5.92 Å². The Morgan fingerprint density at radius 2 is 1.86 bits per heavy atom. The minimum absolute atomic E-state index is 0.347. The number of para-hydroxylation sites is 1. The summed E-state index contributed by atoms with van der Waals surface area (Å²) in [6.07, 6.45) is 4.83. The second-order valence-electron chi connectivity index (χ2n) is 7.74. The Morgan fingerprint density at radius 1 is 1.11 bits per heavy atom. The molecule has 0 amide bonds. The Balaban J connectivity index is 1.91. The summed E-state index contributed by atoms with van der Waals surface area (Å²) in [4.78, 5) is 6.18. The Labute approximate surface area is 167 Å². The summed E-state index contributed by atoms with van der Waals surface area (Å²) >= 11 is 0. The van der Waals surface area contributed by atoms with E-state index in [1.807, 2.05) is 36.4 Å². The molecule has 28 heavy (non-hydrogen) atoms. The van der Waals surface area contributed by atoms with E-state index in [-0.39, 0.29) is 0 Å². The molecule has 0 spiro atoms. The van der Waals surface area contributed by atoms with Crippen molar-refractivity contribution in [2.45, 2.75) is 42.9 Å². The topological polar surface area (TPSA) is 51.5 Å². The molecule has 4 rings (SSSR count). The molecule has 2 aromatic carbocycles. The van der Waals surface area contributed by atoms with Crippen molar-refractivity contribution in [3.63, 3.8) is 0 Å². The summed E-state index contributed by atoms with van der Waals surface area (Å²) in [7, 11) is -3.63. The number of aromatic amines is 1. The smallest absolute Gasteiger partial charge is 0.214 e. The van der Waals surface area contributed by atoms with Crippen molar-refractivity contribution in [3.8, 4) is 0 Å². The van der Waals surface area contributed by atoms with Crippen LogP contribution in [-0.4, -0.2) is 21.5 Å². The molecule has 0 aliphatic carbocycles. The van der Waals surface area contributed by atoms with Gasteiger partial charge < -0.3 is 4.90 Å². The maximum Gasteiger partial charge on any atom is 0.214 e. The highest BCUT2D eigenvalue weighted by Gasteiger charge is 2.30. The first kappa shape index (κ1) is 18.9. The number of piperidine rings is 1. The summed E-state index contributed by atoms with van der Waals surface area (Å²) in [5.41, 5.74) is 2.92. The highest BCUT2D eigenvalue weighted by atomic mass is 32.2. The van der Waals surface area contributed by atoms with E-state index in [0.717, 1.165) is 48.1 Å². The molecule has 1 fully saturated rings. The van der Waals surface area contributed by atoms with E-state index in [9.17, 15) is 8.42 Å². The molecule has 1 atom stereocenters. The fraction of sp³-hybridized carbons (Fsp3) is 0.348. The van der Waals surface area contributed by atoms with Crippen molar-refractivity contribution in [2.24, 2.45) is 5.92 Å². The van der Waals surface area contributed by atoms with Crippen LogP contribution in [0.3, 0.4) is 0 Å². The molecule has 1 saturated heterocycles. The molecular weight excluding hydrogens is 368 g/mol. The fourth-order valence-electron chi connectivity index (χ4n) is 4.11. The lowest BCUT2D eigenvalue weighted by Gasteiger charge is -2.34. The molecule has 2 heterocycles. The summed E-state index contributed by atoms with van der Waals surface area (Å²) < 4.78 is 27.2. The van der Waals surface area contributed by atoms with Crippen LogP contribution in [0.4, 0.5) is 5.69 Å². The number of aryl methyl sites for hydroxylation is 1. The highest BCUT2D eigenvalue weighted by Crippen LogP contribution is 2.36. The van der Waals surface area contributed by atoms with E-state index >= 15 is 0 Å².